The van der Waals surface area contributed by atoms with Gasteiger partial charge in [-0.1, -0.05) is 6.92 Å². The second-order valence-electron chi connectivity index (χ2n) is 4.65. The molecule has 0 aliphatic heterocycles. The highest BCUT2D eigenvalue weighted by atomic mass is 16.3. The Hall–Kier alpha value is -2.56. The molecule has 3 aromatic rings. The van der Waals surface area contributed by atoms with Crippen LogP contribution in [-0.4, -0.2) is 24.7 Å². The van der Waals surface area contributed by atoms with Crippen LogP contribution in [0.2, 0.25) is 0 Å². The Morgan fingerprint density at radius 3 is 2.85 bits per heavy atom. The van der Waals surface area contributed by atoms with E-state index in [4.69, 9.17) is 0 Å². The summed E-state index contributed by atoms with van der Waals surface area (Å²) < 4.78 is 2.03. The van der Waals surface area contributed by atoms with Crippen LogP contribution in [0.5, 0.6) is 11.5 Å². The van der Waals surface area contributed by atoms with Crippen LogP contribution < -0.4 is 0 Å². The maximum atomic E-state index is 10.0. The van der Waals surface area contributed by atoms with Crippen LogP contribution >= 0.6 is 0 Å². The van der Waals surface area contributed by atoms with Crippen molar-refractivity contribution in [1.29, 1.82) is 0 Å². The molecule has 102 valence electrons. The quantitative estimate of drug-likeness (QED) is 0.717. The normalized spacial score (nSPS) is 11.1. The van der Waals surface area contributed by atoms with E-state index in [2.05, 4.69) is 16.9 Å². The van der Waals surface area contributed by atoms with Gasteiger partial charge in [0.15, 0.2) is 0 Å². The second-order valence-corrected chi connectivity index (χ2v) is 4.65. The van der Waals surface area contributed by atoms with E-state index >= 15 is 0 Å². The number of hydrogen-bond donors (Lipinski definition) is 2. The van der Waals surface area contributed by atoms with E-state index in [1.807, 2.05) is 10.6 Å². The summed E-state index contributed by atoms with van der Waals surface area (Å²) in [6, 6.07) is 6.35. The standard InChI is InChI=1S/C15H15N3O2/c1-2-7-18-13-5-6-16-9-12(13)17-15(18)11-8-10(19)3-4-14(11)20/h3-6,8-9,19-20H,2,7H2,1H3. The first kappa shape index (κ1) is 12.5. The molecule has 3 rings (SSSR count). The highest BCUT2D eigenvalue weighted by Crippen LogP contribution is 2.33. The topological polar surface area (TPSA) is 71.2 Å². The van der Waals surface area contributed by atoms with E-state index in [0.717, 1.165) is 24.0 Å². The zero-order valence-corrected chi connectivity index (χ0v) is 11.1. The van der Waals surface area contributed by atoms with Crippen molar-refractivity contribution in [2.24, 2.45) is 0 Å². The van der Waals surface area contributed by atoms with Gasteiger partial charge in [0.1, 0.15) is 22.8 Å². The summed E-state index contributed by atoms with van der Waals surface area (Å²) in [5, 5.41) is 19.7. The number of hydrogen-bond acceptors (Lipinski definition) is 4. The summed E-state index contributed by atoms with van der Waals surface area (Å²) in [4.78, 5) is 8.61. The number of imidazole rings is 1. The molecule has 5 nitrogen and oxygen atoms in total. The number of aromatic hydroxyl groups is 2. The minimum atomic E-state index is 0.100. The summed E-state index contributed by atoms with van der Waals surface area (Å²) >= 11 is 0. The molecule has 0 fully saturated rings. The van der Waals surface area contributed by atoms with E-state index < -0.39 is 0 Å². The Bertz CT molecular complexity index is 765. The first-order chi connectivity index (χ1) is 9.70. The van der Waals surface area contributed by atoms with Gasteiger partial charge in [-0.3, -0.25) is 4.98 Å². The predicted molar refractivity (Wildman–Crippen MR) is 76.6 cm³/mol. The third-order valence-corrected chi connectivity index (χ3v) is 3.22. The molecule has 2 N–H and O–H groups in total. The largest absolute Gasteiger partial charge is 0.508 e. The van der Waals surface area contributed by atoms with Crippen LogP contribution in [0.15, 0.2) is 36.7 Å². The van der Waals surface area contributed by atoms with Crippen molar-refractivity contribution in [1.82, 2.24) is 14.5 Å². The van der Waals surface area contributed by atoms with E-state index in [9.17, 15) is 10.2 Å². The predicted octanol–water partition coefficient (Wildman–Crippen LogP) is 2.92. The molecule has 0 bridgehead atoms. The molecule has 5 heteroatoms. The summed E-state index contributed by atoms with van der Waals surface area (Å²) in [6.07, 6.45) is 4.37. The first-order valence-corrected chi connectivity index (χ1v) is 6.53. The molecule has 20 heavy (non-hydrogen) atoms. The molecule has 0 saturated heterocycles. The fraction of sp³-hybridized carbons (Fsp3) is 0.200. The van der Waals surface area contributed by atoms with Gasteiger partial charge in [-0.05, 0) is 30.7 Å². The van der Waals surface area contributed by atoms with Crippen molar-refractivity contribution in [3.05, 3.63) is 36.7 Å². The fourth-order valence-corrected chi connectivity index (χ4v) is 2.34. The van der Waals surface area contributed by atoms with Gasteiger partial charge in [-0.2, -0.15) is 0 Å². The van der Waals surface area contributed by atoms with E-state index in [0.29, 0.717) is 11.4 Å². The van der Waals surface area contributed by atoms with E-state index in [-0.39, 0.29) is 11.5 Å². The molecular formula is C15H15N3O2. The van der Waals surface area contributed by atoms with Crippen molar-refractivity contribution in [3.8, 4) is 22.9 Å². The summed E-state index contributed by atoms with van der Waals surface area (Å²) in [6.45, 7) is 2.87. The Morgan fingerprint density at radius 1 is 1.20 bits per heavy atom. The molecule has 2 aromatic heterocycles. The summed E-state index contributed by atoms with van der Waals surface area (Å²) in [5.41, 5.74) is 2.27. The molecule has 0 spiro atoms. The van der Waals surface area contributed by atoms with Gasteiger partial charge in [0, 0.05) is 12.7 Å². The molecule has 0 aliphatic carbocycles. The molecule has 0 saturated carbocycles. The van der Waals surface area contributed by atoms with Gasteiger partial charge in [-0.15, -0.1) is 0 Å². The highest BCUT2D eigenvalue weighted by Gasteiger charge is 2.15. The van der Waals surface area contributed by atoms with Crippen LogP contribution in [-0.2, 0) is 6.54 Å². The number of fused-ring (bicyclic) bond motifs is 1. The lowest BCUT2D eigenvalue weighted by Crippen LogP contribution is -1.99. The van der Waals surface area contributed by atoms with Gasteiger partial charge >= 0.3 is 0 Å². The third-order valence-electron chi connectivity index (χ3n) is 3.22. The Labute approximate surface area is 116 Å². The Morgan fingerprint density at radius 2 is 2.05 bits per heavy atom. The molecule has 0 atom stereocenters. The van der Waals surface area contributed by atoms with Gasteiger partial charge in [0.2, 0.25) is 0 Å². The molecular weight excluding hydrogens is 254 g/mol. The van der Waals surface area contributed by atoms with Crippen LogP contribution in [0.4, 0.5) is 0 Å². The lowest BCUT2D eigenvalue weighted by molar-refractivity contribution is 0.461. The van der Waals surface area contributed by atoms with Crippen molar-refractivity contribution in [2.45, 2.75) is 19.9 Å². The maximum absolute atomic E-state index is 10.0. The van der Waals surface area contributed by atoms with Crippen LogP contribution in [0.25, 0.3) is 22.4 Å². The van der Waals surface area contributed by atoms with Crippen LogP contribution in [0, 0.1) is 0 Å². The lowest BCUT2D eigenvalue weighted by atomic mass is 10.1. The van der Waals surface area contributed by atoms with Crippen molar-refractivity contribution in [2.75, 3.05) is 0 Å². The smallest absolute Gasteiger partial charge is 0.145 e. The zero-order chi connectivity index (χ0) is 14.1. The molecule has 0 unspecified atom stereocenters. The number of pyridine rings is 1. The SMILES string of the molecule is CCCn1c(-c2cc(O)ccc2O)nc2cnccc21. The highest BCUT2D eigenvalue weighted by molar-refractivity contribution is 5.81. The number of phenolic OH excluding ortho intramolecular Hbond substituents is 2. The average Bonchev–Trinajstić information content (AvgIpc) is 2.81. The first-order valence-electron chi connectivity index (χ1n) is 6.53. The second kappa shape index (κ2) is 4.85. The minimum Gasteiger partial charge on any atom is -0.508 e. The maximum Gasteiger partial charge on any atom is 0.145 e. The number of benzene rings is 1. The zero-order valence-electron chi connectivity index (χ0n) is 11.1. The third kappa shape index (κ3) is 1.97. The minimum absolute atomic E-state index is 0.100. The van der Waals surface area contributed by atoms with Gasteiger partial charge < -0.3 is 14.8 Å². The molecule has 1 aromatic carbocycles. The number of rotatable bonds is 3. The van der Waals surface area contributed by atoms with E-state index in [1.165, 1.54) is 18.2 Å². The molecule has 0 amide bonds. The number of nitrogens with zero attached hydrogens (tertiary/aromatic N) is 3. The Kier molecular flexibility index (Phi) is 3.02. The van der Waals surface area contributed by atoms with Crippen molar-refractivity contribution in [3.63, 3.8) is 0 Å². The number of phenols is 2. The summed E-state index contributed by atoms with van der Waals surface area (Å²) in [5.74, 6) is 0.845. The molecule has 2 heterocycles. The number of aryl methyl sites for hydroxylation is 1. The molecule has 0 aliphatic rings. The summed E-state index contributed by atoms with van der Waals surface area (Å²) in [7, 11) is 0. The molecule has 0 radical (unpaired) electrons. The van der Waals surface area contributed by atoms with Gasteiger partial charge in [-0.25, -0.2) is 4.98 Å². The van der Waals surface area contributed by atoms with Gasteiger partial charge in [0.05, 0.1) is 17.3 Å². The fourth-order valence-electron chi connectivity index (χ4n) is 2.34. The monoisotopic (exact) mass is 269 g/mol. The van der Waals surface area contributed by atoms with Gasteiger partial charge in [0.25, 0.3) is 0 Å². The lowest BCUT2D eigenvalue weighted by Gasteiger charge is -2.09. The van der Waals surface area contributed by atoms with Crippen molar-refractivity contribution >= 4 is 11.0 Å². The van der Waals surface area contributed by atoms with E-state index in [1.54, 1.807) is 12.4 Å². The van der Waals surface area contributed by atoms with Crippen molar-refractivity contribution < 1.29 is 10.2 Å². The number of aromatic nitrogens is 3. The Balaban J connectivity index is 2.29. The average molecular weight is 269 g/mol. The van der Waals surface area contributed by atoms with Crippen LogP contribution in [0.1, 0.15) is 13.3 Å². The van der Waals surface area contributed by atoms with Crippen LogP contribution in [0.3, 0.4) is 0 Å².